The van der Waals surface area contributed by atoms with Crippen molar-refractivity contribution in [2.24, 2.45) is 7.05 Å². The zero-order valence-electron chi connectivity index (χ0n) is 16.7. The van der Waals surface area contributed by atoms with Crippen molar-refractivity contribution in [1.29, 1.82) is 0 Å². The average molecular weight is 416 g/mol. The number of aliphatic hydroxyl groups is 1. The van der Waals surface area contributed by atoms with Crippen LogP contribution < -0.4 is 11.2 Å². The summed E-state index contributed by atoms with van der Waals surface area (Å²) in [6.07, 6.45) is 0.323. The van der Waals surface area contributed by atoms with Crippen molar-refractivity contribution < 1.29 is 5.11 Å². The average Bonchev–Trinajstić information content (AvgIpc) is 3.18. The molecule has 0 saturated heterocycles. The first kappa shape index (κ1) is 19.5. The number of benzene rings is 1. The van der Waals surface area contributed by atoms with Gasteiger partial charge in [0, 0.05) is 36.6 Å². The number of imidazole rings is 2. The summed E-state index contributed by atoms with van der Waals surface area (Å²) < 4.78 is 6.25. The minimum absolute atomic E-state index is 0.0991. The van der Waals surface area contributed by atoms with E-state index in [9.17, 15) is 9.59 Å². The smallest absolute Gasteiger partial charge is 0.332 e. The standard InChI is InChI=1S/C20H22ClN5O3/c1-11-6-7-14(10-15(11)21)25-12(2)13(3)26-16-17(22-19(25)26)23(4)20(29)24(18(16)28)8-5-9-27/h6-7,10,27H,5,8-9H2,1-4H3. The van der Waals surface area contributed by atoms with Gasteiger partial charge in [0.1, 0.15) is 0 Å². The Balaban J connectivity index is 2.13. The molecule has 0 saturated carbocycles. The molecule has 4 rings (SSSR count). The third-order valence-electron chi connectivity index (χ3n) is 5.47. The Morgan fingerprint density at radius 1 is 1.14 bits per heavy atom. The largest absolute Gasteiger partial charge is 0.396 e. The third-order valence-corrected chi connectivity index (χ3v) is 5.88. The number of aromatic nitrogens is 5. The Labute approximate surface area is 171 Å². The molecule has 3 aromatic heterocycles. The highest BCUT2D eigenvalue weighted by Crippen LogP contribution is 2.27. The number of halogens is 1. The topological polar surface area (TPSA) is 86.5 Å². The highest BCUT2D eigenvalue weighted by atomic mass is 35.5. The van der Waals surface area contributed by atoms with E-state index in [1.807, 2.05) is 43.5 Å². The van der Waals surface area contributed by atoms with E-state index < -0.39 is 11.2 Å². The predicted octanol–water partition coefficient (Wildman–Crippen LogP) is 2.10. The summed E-state index contributed by atoms with van der Waals surface area (Å²) in [6, 6.07) is 5.75. The SMILES string of the molecule is Cc1ccc(-n2c(C)c(C)n3c4c(=O)n(CCCO)c(=O)n(C)c4nc23)cc1Cl. The van der Waals surface area contributed by atoms with Gasteiger partial charge in [-0.1, -0.05) is 17.7 Å². The molecule has 9 heteroatoms. The van der Waals surface area contributed by atoms with Crippen molar-refractivity contribution in [3.8, 4) is 5.69 Å². The predicted molar refractivity (Wildman–Crippen MR) is 112 cm³/mol. The molecule has 1 N–H and O–H groups in total. The maximum atomic E-state index is 13.2. The van der Waals surface area contributed by atoms with E-state index in [2.05, 4.69) is 4.98 Å². The summed E-state index contributed by atoms with van der Waals surface area (Å²) in [4.78, 5) is 30.5. The number of nitrogens with zero attached hydrogens (tertiary/aromatic N) is 5. The maximum Gasteiger partial charge on any atom is 0.332 e. The lowest BCUT2D eigenvalue weighted by molar-refractivity contribution is 0.277. The van der Waals surface area contributed by atoms with Gasteiger partial charge >= 0.3 is 5.69 Å². The van der Waals surface area contributed by atoms with Crippen molar-refractivity contribution in [3.63, 3.8) is 0 Å². The molecular weight excluding hydrogens is 394 g/mol. The minimum Gasteiger partial charge on any atom is -0.396 e. The van der Waals surface area contributed by atoms with Crippen molar-refractivity contribution >= 4 is 28.5 Å². The van der Waals surface area contributed by atoms with Gasteiger partial charge in [0.25, 0.3) is 5.56 Å². The van der Waals surface area contributed by atoms with Crippen LogP contribution in [0.3, 0.4) is 0 Å². The van der Waals surface area contributed by atoms with Gasteiger partial charge in [-0.05, 0) is 44.9 Å². The fourth-order valence-electron chi connectivity index (χ4n) is 3.71. The maximum absolute atomic E-state index is 13.2. The Kier molecular flexibility index (Phi) is 4.63. The van der Waals surface area contributed by atoms with E-state index in [4.69, 9.17) is 16.7 Å². The van der Waals surface area contributed by atoms with Crippen LogP contribution in [0, 0.1) is 20.8 Å². The number of fused-ring (bicyclic) bond motifs is 3. The zero-order valence-corrected chi connectivity index (χ0v) is 17.5. The molecule has 0 aliphatic rings. The zero-order chi connectivity index (χ0) is 21.0. The molecule has 1 aromatic carbocycles. The van der Waals surface area contributed by atoms with Crippen LogP contribution in [0.25, 0.3) is 22.6 Å². The van der Waals surface area contributed by atoms with Gasteiger partial charge in [-0.2, -0.15) is 4.98 Å². The van der Waals surface area contributed by atoms with Crippen LogP contribution in [0.2, 0.25) is 5.02 Å². The molecule has 0 bridgehead atoms. The first-order chi connectivity index (χ1) is 13.8. The van der Waals surface area contributed by atoms with E-state index in [0.29, 0.717) is 28.4 Å². The molecule has 152 valence electrons. The highest BCUT2D eigenvalue weighted by molar-refractivity contribution is 6.31. The number of aryl methyl sites for hydroxylation is 3. The fourth-order valence-corrected chi connectivity index (χ4v) is 3.88. The second-order valence-electron chi connectivity index (χ2n) is 7.23. The van der Waals surface area contributed by atoms with Crippen LogP contribution in [-0.4, -0.2) is 34.8 Å². The van der Waals surface area contributed by atoms with Gasteiger partial charge in [0.05, 0.1) is 5.69 Å². The molecule has 0 aliphatic carbocycles. The van der Waals surface area contributed by atoms with Gasteiger partial charge in [0.2, 0.25) is 5.78 Å². The van der Waals surface area contributed by atoms with E-state index in [-0.39, 0.29) is 13.2 Å². The van der Waals surface area contributed by atoms with Gasteiger partial charge in [-0.25, -0.2) is 4.79 Å². The van der Waals surface area contributed by atoms with Gasteiger partial charge in [-0.3, -0.25) is 22.9 Å². The lowest BCUT2D eigenvalue weighted by Gasteiger charge is -2.09. The van der Waals surface area contributed by atoms with E-state index in [1.165, 1.54) is 4.57 Å². The third kappa shape index (κ3) is 2.74. The number of hydrogen-bond acceptors (Lipinski definition) is 4. The van der Waals surface area contributed by atoms with Crippen molar-refractivity contribution in [2.75, 3.05) is 6.61 Å². The number of rotatable bonds is 4. The van der Waals surface area contributed by atoms with E-state index in [0.717, 1.165) is 27.2 Å². The van der Waals surface area contributed by atoms with Crippen molar-refractivity contribution in [1.82, 2.24) is 23.1 Å². The molecule has 0 unspecified atom stereocenters. The van der Waals surface area contributed by atoms with Crippen molar-refractivity contribution in [2.45, 2.75) is 33.7 Å². The number of aliphatic hydroxyl groups excluding tert-OH is 1. The lowest BCUT2D eigenvalue weighted by Crippen LogP contribution is -2.39. The second kappa shape index (κ2) is 6.89. The molecule has 0 radical (unpaired) electrons. The molecule has 0 aliphatic heterocycles. The molecule has 0 amide bonds. The Hall–Kier alpha value is -2.84. The van der Waals surface area contributed by atoms with Crippen LogP contribution in [0.5, 0.6) is 0 Å². The van der Waals surface area contributed by atoms with Gasteiger partial charge in [0.15, 0.2) is 11.2 Å². The Morgan fingerprint density at radius 3 is 2.52 bits per heavy atom. The summed E-state index contributed by atoms with van der Waals surface area (Å²) >= 11 is 6.33. The monoisotopic (exact) mass is 415 g/mol. The van der Waals surface area contributed by atoms with Crippen LogP contribution in [0.4, 0.5) is 0 Å². The molecular formula is C20H22ClN5O3. The second-order valence-corrected chi connectivity index (χ2v) is 7.64. The van der Waals surface area contributed by atoms with Crippen molar-refractivity contribution in [3.05, 3.63) is 61.0 Å². The minimum atomic E-state index is -0.448. The normalized spacial score (nSPS) is 11.8. The first-order valence-electron chi connectivity index (χ1n) is 9.35. The summed E-state index contributed by atoms with van der Waals surface area (Å²) in [5, 5.41) is 9.76. The van der Waals surface area contributed by atoms with Gasteiger partial charge < -0.3 is 5.11 Å². The van der Waals surface area contributed by atoms with Crippen LogP contribution in [-0.2, 0) is 13.6 Å². The summed E-state index contributed by atoms with van der Waals surface area (Å²) in [6.45, 7) is 5.85. The Morgan fingerprint density at radius 2 is 1.86 bits per heavy atom. The summed E-state index contributed by atoms with van der Waals surface area (Å²) in [5.74, 6) is 0.543. The Bertz CT molecular complexity index is 1390. The molecule has 0 atom stereocenters. The van der Waals surface area contributed by atoms with Crippen LogP contribution in [0.15, 0.2) is 27.8 Å². The first-order valence-corrected chi connectivity index (χ1v) is 9.73. The molecule has 29 heavy (non-hydrogen) atoms. The molecule has 0 spiro atoms. The number of hydrogen-bond donors (Lipinski definition) is 1. The van der Waals surface area contributed by atoms with Crippen LogP contribution >= 0.6 is 11.6 Å². The summed E-state index contributed by atoms with van der Waals surface area (Å²) in [5.41, 5.74) is 3.38. The molecule has 4 aromatic rings. The molecule has 8 nitrogen and oxygen atoms in total. The molecule has 0 fully saturated rings. The fraction of sp³-hybridized carbons (Fsp3) is 0.350. The summed E-state index contributed by atoms with van der Waals surface area (Å²) in [7, 11) is 1.60. The highest BCUT2D eigenvalue weighted by Gasteiger charge is 2.23. The van der Waals surface area contributed by atoms with E-state index >= 15 is 0 Å². The van der Waals surface area contributed by atoms with Gasteiger partial charge in [-0.15, -0.1) is 0 Å². The van der Waals surface area contributed by atoms with Crippen LogP contribution in [0.1, 0.15) is 23.4 Å². The molecule has 3 heterocycles. The quantitative estimate of drug-likeness (QED) is 0.553. The lowest BCUT2D eigenvalue weighted by atomic mass is 10.2. The van der Waals surface area contributed by atoms with E-state index in [1.54, 1.807) is 11.4 Å².